The van der Waals surface area contributed by atoms with E-state index in [0.717, 1.165) is 63.8 Å². The van der Waals surface area contributed by atoms with Gasteiger partial charge in [0.15, 0.2) is 0 Å². The topological polar surface area (TPSA) is 79.5 Å². The van der Waals surface area contributed by atoms with Crippen LogP contribution in [0.25, 0.3) is 11.4 Å². The monoisotopic (exact) mass is 414 g/mol. The number of amides is 1. The lowest BCUT2D eigenvalue weighted by Gasteiger charge is -2.41. The highest BCUT2D eigenvalue weighted by molar-refractivity contribution is 7.08. The molecule has 7 nitrogen and oxygen atoms in total. The Balaban J connectivity index is 1.14. The van der Waals surface area contributed by atoms with Gasteiger partial charge in [-0.1, -0.05) is 11.6 Å². The first-order valence-corrected chi connectivity index (χ1v) is 11.5. The second-order valence-corrected chi connectivity index (χ2v) is 9.30. The maximum atomic E-state index is 13.0. The van der Waals surface area contributed by atoms with Crippen molar-refractivity contribution in [3.05, 3.63) is 22.7 Å². The van der Waals surface area contributed by atoms with Gasteiger partial charge in [0, 0.05) is 54.9 Å². The standard InChI is InChI=1S/C21H26N4O3S/c26-19-14-2-1-3-15(19)11-17(10-14)21(27)25-7-5-24(6-8-25)12-18-22-20(23-28-18)16-4-9-29-13-16/h4,9,13-15,17H,1-3,5-8,10-12H2/t14-,15-/m0/s1. The van der Waals surface area contributed by atoms with Gasteiger partial charge >= 0.3 is 0 Å². The predicted molar refractivity (Wildman–Crippen MR) is 108 cm³/mol. The van der Waals surface area contributed by atoms with E-state index >= 15 is 0 Å². The van der Waals surface area contributed by atoms with E-state index in [0.29, 0.717) is 24.0 Å². The fourth-order valence-corrected chi connectivity index (χ4v) is 5.72. The van der Waals surface area contributed by atoms with Gasteiger partial charge in [-0.05, 0) is 37.1 Å². The number of hydrogen-bond acceptors (Lipinski definition) is 7. The summed E-state index contributed by atoms with van der Waals surface area (Å²) in [5, 5.41) is 8.07. The molecule has 3 aliphatic rings. The molecule has 8 heteroatoms. The number of aromatic nitrogens is 2. The molecule has 2 aliphatic carbocycles. The third-order valence-corrected chi connectivity index (χ3v) is 7.37. The van der Waals surface area contributed by atoms with E-state index in [1.54, 1.807) is 11.3 Å². The molecule has 0 aromatic carbocycles. The molecule has 0 unspecified atom stereocenters. The molecule has 2 aromatic rings. The second kappa shape index (κ2) is 7.99. The Morgan fingerprint density at radius 2 is 1.93 bits per heavy atom. The Morgan fingerprint density at radius 3 is 2.62 bits per heavy atom. The summed E-state index contributed by atoms with van der Waals surface area (Å²) in [5.74, 6) is 2.23. The zero-order valence-electron chi connectivity index (χ0n) is 16.5. The van der Waals surface area contributed by atoms with Crippen molar-refractivity contribution < 1.29 is 14.1 Å². The fourth-order valence-electron chi connectivity index (χ4n) is 5.09. The van der Waals surface area contributed by atoms with Crippen molar-refractivity contribution in [2.45, 2.75) is 38.6 Å². The summed E-state index contributed by atoms with van der Waals surface area (Å²) in [5.41, 5.74) is 0.983. The maximum Gasteiger partial charge on any atom is 0.241 e. The number of fused-ring (bicyclic) bond motifs is 2. The van der Waals surface area contributed by atoms with Gasteiger partial charge in [-0.25, -0.2) is 0 Å². The number of ketones is 1. The molecule has 1 amide bonds. The molecule has 3 fully saturated rings. The van der Waals surface area contributed by atoms with Crippen LogP contribution >= 0.6 is 11.3 Å². The molecule has 2 atom stereocenters. The highest BCUT2D eigenvalue weighted by Gasteiger charge is 2.42. The smallest absolute Gasteiger partial charge is 0.241 e. The van der Waals surface area contributed by atoms with Gasteiger partial charge in [0.1, 0.15) is 5.78 Å². The van der Waals surface area contributed by atoms with Crippen molar-refractivity contribution in [3.8, 4) is 11.4 Å². The van der Waals surface area contributed by atoms with Crippen LogP contribution in [0.3, 0.4) is 0 Å². The van der Waals surface area contributed by atoms with E-state index < -0.39 is 0 Å². The zero-order chi connectivity index (χ0) is 19.8. The predicted octanol–water partition coefficient (Wildman–Crippen LogP) is 2.84. The van der Waals surface area contributed by atoms with Gasteiger partial charge in [0.05, 0.1) is 6.54 Å². The first-order valence-electron chi connectivity index (χ1n) is 10.6. The average molecular weight is 415 g/mol. The lowest BCUT2D eigenvalue weighted by atomic mass is 9.67. The van der Waals surface area contributed by atoms with E-state index in [2.05, 4.69) is 15.0 Å². The van der Waals surface area contributed by atoms with Gasteiger partial charge in [-0.15, -0.1) is 0 Å². The summed E-state index contributed by atoms with van der Waals surface area (Å²) < 4.78 is 5.40. The van der Waals surface area contributed by atoms with Gasteiger partial charge in [-0.3, -0.25) is 14.5 Å². The molecule has 29 heavy (non-hydrogen) atoms. The zero-order valence-corrected chi connectivity index (χ0v) is 17.3. The molecule has 1 saturated heterocycles. The minimum Gasteiger partial charge on any atom is -0.340 e. The van der Waals surface area contributed by atoms with E-state index in [-0.39, 0.29) is 23.7 Å². The van der Waals surface area contributed by atoms with Crippen LogP contribution in [-0.2, 0) is 16.1 Å². The summed E-state index contributed by atoms with van der Waals surface area (Å²) in [6.45, 7) is 3.68. The number of piperazine rings is 1. The molecule has 0 radical (unpaired) electrons. The van der Waals surface area contributed by atoms with Crippen molar-refractivity contribution in [1.82, 2.24) is 19.9 Å². The average Bonchev–Trinajstić information content (AvgIpc) is 3.40. The Labute approximate surface area is 174 Å². The van der Waals surface area contributed by atoms with Crippen LogP contribution in [-0.4, -0.2) is 57.8 Å². The maximum absolute atomic E-state index is 13.0. The van der Waals surface area contributed by atoms with Crippen LogP contribution < -0.4 is 0 Å². The molecule has 1 aliphatic heterocycles. The molecule has 0 spiro atoms. The van der Waals surface area contributed by atoms with Crippen LogP contribution in [0, 0.1) is 17.8 Å². The number of Topliss-reactive ketones (excluding diaryl/α,β-unsaturated/α-hetero) is 1. The highest BCUT2D eigenvalue weighted by atomic mass is 32.1. The Hall–Kier alpha value is -2.06. The molecule has 5 rings (SSSR count). The first-order chi connectivity index (χ1) is 14.2. The van der Waals surface area contributed by atoms with Crippen LogP contribution in [0.2, 0.25) is 0 Å². The van der Waals surface area contributed by atoms with Crippen LogP contribution in [0.15, 0.2) is 21.3 Å². The Morgan fingerprint density at radius 1 is 1.17 bits per heavy atom. The molecule has 0 N–H and O–H groups in total. The normalized spacial score (nSPS) is 27.9. The molecular weight excluding hydrogens is 388 g/mol. The molecule has 2 aromatic heterocycles. The molecular formula is C21H26N4O3S. The lowest BCUT2D eigenvalue weighted by Crippen LogP contribution is -2.51. The van der Waals surface area contributed by atoms with Crippen molar-refractivity contribution in [2.75, 3.05) is 26.2 Å². The summed E-state index contributed by atoms with van der Waals surface area (Å²) >= 11 is 1.61. The van der Waals surface area contributed by atoms with Gasteiger partial charge in [0.2, 0.25) is 17.6 Å². The third kappa shape index (κ3) is 3.88. The van der Waals surface area contributed by atoms with Crippen molar-refractivity contribution in [3.63, 3.8) is 0 Å². The van der Waals surface area contributed by atoms with Crippen molar-refractivity contribution >= 4 is 23.0 Å². The second-order valence-electron chi connectivity index (χ2n) is 8.52. The molecule has 2 bridgehead atoms. The number of hydrogen-bond donors (Lipinski definition) is 0. The largest absolute Gasteiger partial charge is 0.340 e. The molecule has 3 heterocycles. The van der Waals surface area contributed by atoms with Crippen molar-refractivity contribution in [1.29, 1.82) is 0 Å². The summed E-state index contributed by atoms with van der Waals surface area (Å²) in [7, 11) is 0. The minimum atomic E-state index is 0.0404. The number of thiophene rings is 1. The van der Waals surface area contributed by atoms with Gasteiger partial charge in [-0.2, -0.15) is 16.3 Å². The molecule has 154 valence electrons. The lowest BCUT2D eigenvalue weighted by molar-refractivity contribution is -0.144. The third-order valence-electron chi connectivity index (χ3n) is 6.69. The number of carbonyl (C=O) groups excluding carboxylic acids is 2. The first kappa shape index (κ1) is 18.9. The quantitative estimate of drug-likeness (QED) is 0.765. The highest BCUT2D eigenvalue weighted by Crippen LogP contribution is 2.40. The SMILES string of the molecule is O=C1[C@H]2CCC[C@H]1CC(C(=O)N1CCN(Cc3nc(-c4ccsc4)no3)CC1)C2. The summed E-state index contributed by atoms with van der Waals surface area (Å²) in [6.07, 6.45) is 4.63. The van der Waals surface area contributed by atoms with E-state index in [1.165, 1.54) is 0 Å². The van der Waals surface area contributed by atoms with Gasteiger partial charge < -0.3 is 9.42 Å². The summed E-state index contributed by atoms with van der Waals surface area (Å²) in [4.78, 5) is 34.1. The molecule has 2 saturated carbocycles. The minimum absolute atomic E-state index is 0.0404. The van der Waals surface area contributed by atoms with Crippen LogP contribution in [0.4, 0.5) is 0 Å². The van der Waals surface area contributed by atoms with E-state index in [4.69, 9.17) is 4.52 Å². The Kier molecular flexibility index (Phi) is 5.22. The van der Waals surface area contributed by atoms with Crippen LogP contribution in [0.1, 0.15) is 38.0 Å². The van der Waals surface area contributed by atoms with E-state index in [9.17, 15) is 9.59 Å². The van der Waals surface area contributed by atoms with Crippen molar-refractivity contribution in [2.24, 2.45) is 17.8 Å². The number of rotatable bonds is 4. The van der Waals surface area contributed by atoms with Gasteiger partial charge in [0.25, 0.3) is 0 Å². The van der Waals surface area contributed by atoms with Crippen LogP contribution in [0.5, 0.6) is 0 Å². The van der Waals surface area contributed by atoms with E-state index in [1.807, 2.05) is 21.7 Å². The Bertz CT molecular complexity index is 856. The number of carbonyl (C=O) groups is 2. The number of nitrogens with zero attached hydrogens (tertiary/aromatic N) is 4. The fraction of sp³-hybridized carbons (Fsp3) is 0.619. The summed E-state index contributed by atoms with van der Waals surface area (Å²) in [6, 6.07) is 1.98.